The molecule has 1 aliphatic carbocycles. The molecule has 3 heteroatoms. The number of likely N-dealkylation sites (N-methyl/N-ethyl adjacent to an activating group) is 1. The molecule has 1 rings (SSSR count). The maximum Gasteiger partial charge on any atom is 0.0589 e. The maximum atomic E-state index is 6.15. The quantitative estimate of drug-likeness (QED) is 0.775. The molecule has 0 amide bonds. The van der Waals surface area contributed by atoms with Crippen LogP contribution < -0.4 is 5.73 Å². The van der Waals surface area contributed by atoms with Gasteiger partial charge in [0.05, 0.1) is 6.61 Å². The first-order valence-electron chi connectivity index (χ1n) is 6.86. The highest BCUT2D eigenvalue weighted by atomic mass is 16.5. The zero-order chi connectivity index (χ0) is 13.1. The summed E-state index contributed by atoms with van der Waals surface area (Å²) in [6.07, 6.45) is 2.48. The molecule has 3 nitrogen and oxygen atoms in total. The summed E-state index contributed by atoms with van der Waals surface area (Å²) in [4.78, 5) is 2.54. The molecule has 0 saturated heterocycles. The Balaban J connectivity index is 2.86. The van der Waals surface area contributed by atoms with Gasteiger partial charge < -0.3 is 10.5 Å². The fraction of sp³-hybridized carbons (Fsp3) is 1.00. The second-order valence-electron chi connectivity index (χ2n) is 6.33. The molecule has 17 heavy (non-hydrogen) atoms. The Kier molecular flexibility index (Phi) is 4.99. The van der Waals surface area contributed by atoms with Gasteiger partial charge in [-0.15, -0.1) is 0 Å². The van der Waals surface area contributed by atoms with Crippen LogP contribution >= 0.6 is 0 Å². The van der Waals surface area contributed by atoms with Crippen molar-refractivity contribution in [3.05, 3.63) is 0 Å². The van der Waals surface area contributed by atoms with Crippen molar-refractivity contribution in [3.8, 4) is 0 Å². The van der Waals surface area contributed by atoms with Crippen LogP contribution in [0.1, 0.15) is 40.5 Å². The monoisotopic (exact) mass is 242 g/mol. The number of nitrogens with two attached hydrogens (primary N) is 1. The number of methoxy groups -OCH3 is 1. The lowest BCUT2D eigenvalue weighted by molar-refractivity contribution is 0.0385. The first-order valence-corrected chi connectivity index (χ1v) is 6.86. The Bertz CT molecular complexity index is 242. The van der Waals surface area contributed by atoms with Crippen LogP contribution in [0.4, 0.5) is 0 Å². The molecule has 0 aromatic rings. The number of nitrogens with zero attached hydrogens (tertiary/aromatic N) is 1. The maximum absolute atomic E-state index is 6.15. The van der Waals surface area contributed by atoms with Gasteiger partial charge in [0.1, 0.15) is 0 Å². The van der Waals surface area contributed by atoms with Crippen molar-refractivity contribution in [3.63, 3.8) is 0 Å². The SMILES string of the molecule is CCN(CCOC)C1(CN)CC(C)(C)CC1C. The van der Waals surface area contributed by atoms with Crippen molar-refractivity contribution < 1.29 is 4.74 Å². The summed E-state index contributed by atoms with van der Waals surface area (Å²) in [5.41, 5.74) is 6.74. The van der Waals surface area contributed by atoms with Crippen LogP contribution in [0.2, 0.25) is 0 Å². The van der Waals surface area contributed by atoms with Gasteiger partial charge in [0.15, 0.2) is 0 Å². The van der Waals surface area contributed by atoms with Crippen molar-refractivity contribution in [1.29, 1.82) is 0 Å². The fourth-order valence-electron chi connectivity index (χ4n) is 3.82. The zero-order valence-corrected chi connectivity index (χ0v) is 12.3. The molecule has 2 atom stereocenters. The van der Waals surface area contributed by atoms with Crippen LogP contribution in [-0.2, 0) is 4.74 Å². The summed E-state index contributed by atoms with van der Waals surface area (Å²) < 4.78 is 5.23. The summed E-state index contributed by atoms with van der Waals surface area (Å²) in [5.74, 6) is 0.666. The van der Waals surface area contributed by atoms with E-state index in [1.54, 1.807) is 7.11 Å². The van der Waals surface area contributed by atoms with E-state index in [4.69, 9.17) is 10.5 Å². The van der Waals surface area contributed by atoms with Crippen LogP contribution in [0.15, 0.2) is 0 Å². The second-order valence-corrected chi connectivity index (χ2v) is 6.33. The lowest BCUT2D eigenvalue weighted by atomic mass is 9.84. The molecule has 102 valence electrons. The van der Waals surface area contributed by atoms with Crippen molar-refractivity contribution in [2.24, 2.45) is 17.1 Å². The van der Waals surface area contributed by atoms with E-state index in [9.17, 15) is 0 Å². The Morgan fingerprint density at radius 2 is 2.06 bits per heavy atom. The number of ether oxygens (including phenoxy) is 1. The molecule has 0 aromatic carbocycles. The Hall–Kier alpha value is -0.120. The number of hydrogen-bond acceptors (Lipinski definition) is 3. The third kappa shape index (κ3) is 3.01. The molecule has 1 saturated carbocycles. The van der Waals surface area contributed by atoms with E-state index in [0.29, 0.717) is 11.3 Å². The van der Waals surface area contributed by atoms with Crippen LogP contribution in [0, 0.1) is 11.3 Å². The molecule has 0 spiro atoms. The third-order valence-corrected chi connectivity index (χ3v) is 4.49. The Morgan fingerprint density at radius 1 is 1.41 bits per heavy atom. The summed E-state index contributed by atoms with van der Waals surface area (Å²) in [6.45, 7) is 12.9. The summed E-state index contributed by atoms with van der Waals surface area (Å²) in [5, 5.41) is 0. The molecule has 0 aliphatic heterocycles. The molecule has 0 bridgehead atoms. The average molecular weight is 242 g/mol. The normalized spacial score (nSPS) is 32.3. The molecule has 2 N–H and O–H groups in total. The molecular formula is C14H30N2O. The van der Waals surface area contributed by atoms with Crippen LogP contribution in [-0.4, -0.2) is 43.8 Å². The van der Waals surface area contributed by atoms with E-state index in [1.807, 2.05) is 0 Å². The van der Waals surface area contributed by atoms with Crippen molar-refractivity contribution >= 4 is 0 Å². The lowest BCUT2D eigenvalue weighted by Gasteiger charge is -2.44. The lowest BCUT2D eigenvalue weighted by Crippen LogP contribution is -2.56. The average Bonchev–Trinajstić information content (AvgIpc) is 2.50. The molecule has 0 aromatic heterocycles. The van der Waals surface area contributed by atoms with Gasteiger partial charge in [0, 0.05) is 25.7 Å². The molecule has 2 unspecified atom stereocenters. The summed E-state index contributed by atoms with van der Waals surface area (Å²) in [7, 11) is 1.77. The van der Waals surface area contributed by atoms with E-state index >= 15 is 0 Å². The van der Waals surface area contributed by atoms with E-state index in [1.165, 1.54) is 12.8 Å². The van der Waals surface area contributed by atoms with Crippen molar-refractivity contribution in [2.75, 3.05) is 33.4 Å². The smallest absolute Gasteiger partial charge is 0.0589 e. The van der Waals surface area contributed by atoms with Crippen LogP contribution in [0.25, 0.3) is 0 Å². The first kappa shape index (κ1) is 14.9. The van der Waals surface area contributed by atoms with Gasteiger partial charge >= 0.3 is 0 Å². The minimum atomic E-state index is 0.177. The third-order valence-electron chi connectivity index (χ3n) is 4.49. The Labute approximate surface area is 107 Å². The fourth-order valence-corrected chi connectivity index (χ4v) is 3.82. The predicted octanol–water partition coefficient (Wildman–Crippen LogP) is 2.11. The van der Waals surface area contributed by atoms with Crippen molar-refractivity contribution in [1.82, 2.24) is 4.90 Å². The highest BCUT2D eigenvalue weighted by Crippen LogP contribution is 2.49. The second kappa shape index (κ2) is 5.68. The standard InChI is InChI=1S/C14H30N2O/c1-6-16(7-8-17-5)14(11-15)10-13(3,4)9-12(14)2/h12H,6-11,15H2,1-5H3. The topological polar surface area (TPSA) is 38.5 Å². The molecule has 1 aliphatic rings. The molecule has 0 radical (unpaired) electrons. The molecular weight excluding hydrogens is 212 g/mol. The van der Waals surface area contributed by atoms with Gasteiger partial charge in [-0.05, 0) is 30.7 Å². The van der Waals surface area contributed by atoms with Gasteiger partial charge in [-0.2, -0.15) is 0 Å². The number of hydrogen-bond donors (Lipinski definition) is 1. The summed E-state index contributed by atoms with van der Waals surface area (Å²) >= 11 is 0. The minimum absolute atomic E-state index is 0.177. The van der Waals surface area contributed by atoms with Gasteiger partial charge in [-0.3, -0.25) is 4.90 Å². The highest BCUT2D eigenvalue weighted by molar-refractivity contribution is 5.05. The van der Waals surface area contributed by atoms with E-state index < -0.39 is 0 Å². The predicted molar refractivity (Wildman–Crippen MR) is 73.1 cm³/mol. The molecule has 1 fully saturated rings. The van der Waals surface area contributed by atoms with Gasteiger partial charge in [-0.1, -0.05) is 27.7 Å². The van der Waals surface area contributed by atoms with Crippen molar-refractivity contribution in [2.45, 2.75) is 46.1 Å². The zero-order valence-electron chi connectivity index (χ0n) is 12.3. The summed E-state index contributed by atoms with van der Waals surface area (Å²) in [6, 6.07) is 0. The van der Waals surface area contributed by atoms with Crippen LogP contribution in [0.3, 0.4) is 0 Å². The van der Waals surface area contributed by atoms with E-state index in [0.717, 1.165) is 26.2 Å². The Morgan fingerprint density at radius 3 is 2.41 bits per heavy atom. The highest BCUT2D eigenvalue weighted by Gasteiger charge is 2.50. The van der Waals surface area contributed by atoms with Gasteiger partial charge in [0.25, 0.3) is 0 Å². The van der Waals surface area contributed by atoms with E-state index in [2.05, 4.69) is 32.6 Å². The van der Waals surface area contributed by atoms with Crippen LogP contribution in [0.5, 0.6) is 0 Å². The largest absolute Gasteiger partial charge is 0.383 e. The molecule has 0 heterocycles. The first-order chi connectivity index (χ1) is 7.91. The van der Waals surface area contributed by atoms with Gasteiger partial charge in [0.2, 0.25) is 0 Å². The van der Waals surface area contributed by atoms with Gasteiger partial charge in [-0.25, -0.2) is 0 Å². The number of rotatable bonds is 6. The van der Waals surface area contributed by atoms with E-state index in [-0.39, 0.29) is 5.54 Å². The minimum Gasteiger partial charge on any atom is -0.383 e.